The number of thiol groups is 1. The molecule has 1 N–H and O–H groups in total. The number of likely N-dealkylation sites (tertiary alicyclic amines) is 1. The van der Waals surface area contributed by atoms with Gasteiger partial charge in [-0.1, -0.05) is 57.0 Å². The summed E-state index contributed by atoms with van der Waals surface area (Å²) < 4.78 is 0. The maximum Gasteiger partial charge on any atom is 0.254 e. The number of rotatable bonds is 7. The van der Waals surface area contributed by atoms with Crippen LogP contribution in [0, 0.1) is 11.8 Å². The van der Waals surface area contributed by atoms with Crippen molar-refractivity contribution in [2.24, 2.45) is 11.8 Å². The van der Waals surface area contributed by atoms with Crippen molar-refractivity contribution in [1.82, 2.24) is 15.1 Å². The van der Waals surface area contributed by atoms with Crippen molar-refractivity contribution in [2.45, 2.75) is 75.9 Å². The third kappa shape index (κ3) is 5.02. The Labute approximate surface area is 225 Å². The molecule has 2 aliphatic heterocycles. The van der Waals surface area contributed by atoms with Gasteiger partial charge in [-0.05, 0) is 66.3 Å². The molecular weight excluding hydrogens is 482 g/mol. The lowest BCUT2D eigenvalue weighted by atomic mass is 9.85. The van der Waals surface area contributed by atoms with Crippen LogP contribution in [0.3, 0.4) is 0 Å². The van der Waals surface area contributed by atoms with Gasteiger partial charge in [-0.15, -0.1) is 12.6 Å². The fourth-order valence-electron chi connectivity index (χ4n) is 6.46. The highest BCUT2D eigenvalue weighted by Gasteiger charge is 2.47. The second kappa shape index (κ2) is 10.9. The Morgan fingerprint density at radius 3 is 2.30 bits per heavy atom. The van der Waals surface area contributed by atoms with Gasteiger partial charge in [-0.25, -0.2) is 0 Å². The highest BCUT2D eigenvalue weighted by atomic mass is 32.1. The van der Waals surface area contributed by atoms with Gasteiger partial charge < -0.3 is 15.1 Å². The summed E-state index contributed by atoms with van der Waals surface area (Å²) in [5, 5.41) is 3.13. The third-order valence-corrected chi connectivity index (χ3v) is 8.84. The number of amides is 3. The largest absolute Gasteiger partial charge is 0.342 e. The van der Waals surface area contributed by atoms with Crippen LogP contribution in [0.4, 0.5) is 0 Å². The van der Waals surface area contributed by atoms with Crippen LogP contribution in [0.15, 0.2) is 47.4 Å². The van der Waals surface area contributed by atoms with E-state index in [1.165, 1.54) is 11.1 Å². The molecule has 37 heavy (non-hydrogen) atoms. The Balaban J connectivity index is 1.47. The highest BCUT2D eigenvalue weighted by Crippen LogP contribution is 2.34. The molecule has 0 spiro atoms. The minimum Gasteiger partial charge on any atom is -0.342 e. The smallest absolute Gasteiger partial charge is 0.254 e. The zero-order chi connectivity index (χ0) is 26.1. The van der Waals surface area contributed by atoms with Crippen molar-refractivity contribution < 1.29 is 14.4 Å². The number of nitrogens with zero attached hydrogens (tertiary/aromatic N) is 2. The van der Waals surface area contributed by atoms with E-state index >= 15 is 0 Å². The predicted molar refractivity (Wildman–Crippen MR) is 147 cm³/mol. The first-order valence-corrected chi connectivity index (χ1v) is 14.1. The molecule has 2 aromatic carbocycles. The molecule has 0 aromatic heterocycles. The Kier molecular flexibility index (Phi) is 7.61. The SMILES string of the molecule is CCC(CC)[C@@H]1C(=O)NC(C2Cc3ccccc3C2)C(=O)N1Cc1ccc(S)cc1C(=O)N1CCCC1. The maximum absolute atomic E-state index is 14.2. The Morgan fingerprint density at radius 2 is 1.68 bits per heavy atom. The van der Waals surface area contributed by atoms with Gasteiger partial charge in [0, 0.05) is 30.1 Å². The number of nitrogens with one attached hydrogen (secondary N) is 1. The van der Waals surface area contributed by atoms with E-state index < -0.39 is 12.1 Å². The lowest BCUT2D eigenvalue weighted by Gasteiger charge is -2.44. The normalized spacial score (nSPS) is 22.1. The van der Waals surface area contributed by atoms with E-state index in [0.29, 0.717) is 10.5 Å². The van der Waals surface area contributed by atoms with Crippen LogP contribution in [-0.4, -0.2) is 52.7 Å². The molecule has 6 nitrogen and oxygen atoms in total. The molecule has 0 saturated carbocycles. The van der Waals surface area contributed by atoms with Gasteiger partial charge in [-0.3, -0.25) is 14.4 Å². The van der Waals surface area contributed by atoms with Crippen molar-refractivity contribution in [2.75, 3.05) is 13.1 Å². The molecule has 0 radical (unpaired) electrons. The van der Waals surface area contributed by atoms with Gasteiger partial charge >= 0.3 is 0 Å². The fourth-order valence-corrected chi connectivity index (χ4v) is 6.66. The lowest BCUT2D eigenvalue weighted by molar-refractivity contribution is -0.154. The summed E-state index contributed by atoms with van der Waals surface area (Å²) in [6, 6.07) is 12.8. The molecule has 7 heteroatoms. The van der Waals surface area contributed by atoms with Gasteiger partial charge in [0.25, 0.3) is 5.91 Å². The molecule has 2 atom stereocenters. The van der Waals surface area contributed by atoms with Crippen LogP contribution in [0.25, 0.3) is 0 Å². The Hall–Kier alpha value is -2.80. The van der Waals surface area contributed by atoms with Crippen molar-refractivity contribution in [3.8, 4) is 0 Å². The van der Waals surface area contributed by atoms with Crippen molar-refractivity contribution in [3.63, 3.8) is 0 Å². The van der Waals surface area contributed by atoms with Crippen LogP contribution >= 0.6 is 12.6 Å². The zero-order valence-corrected chi connectivity index (χ0v) is 22.7. The number of carbonyl (C=O) groups excluding carboxylic acids is 3. The van der Waals surface area contributed by atoms with Gasteiger partial charge in [0.1, 0.15) is 12.1 Å². The number of hydrogen-bond donors (Lipinski definition) is 2. The summed E-state index contributed by atoms with van der Waals surface area (Å²) >= 11 is 4.50. The van der Waals surface area contributed by atoms with Gasteiger partial charge in [0.2, 0.25) is 11.8 Å². The van der Waals surface area contributed by atoms with Crippen LogP contribution < -0.4 is 5.32 Å². The quantitative estimate of drug-likeness (QED) is 0.537. The van der Waals surface area contributed by atoms with Crippen LogP contribution in [0.2, 0.25) is 0 Å². The van der Waals surface area contributed by atoms with Crippen molar-refractivity contribution >= 4 is 30.4 Å². The lowest BCUT2D eigenvalue weighted by Crippen LogP contribution is -2.66. The molecule has 196 valence electrons. The fraction of sp³-hybridized carbons (Fsp3) is 0.500. The second-order valence-electron chi connectivity index (χ2n) is 10.8. The molecule has 2 fully saturated rings. The minimum absolute atomic E-state index is 0.0146. The second-order valence-corrected chi connectivity index (χ2v) is 11.3. The third-order valence-electron chi connectivity index (χ3n) is 8.56. The van der Waals surface area contributed by atoms with E-state index in [9.17, 15) is 14.4 Å². The molecule has 2 saturated heterocycles. The minimum atomic E-state index is -0.563. The first kappa shape index (κ1) is 25.8. The maximum atomic E-state index is 14.2. The number of fused-ring (bicyclic) bond motifs is 1. The average Bonchev–Trinajstić information content (AvgIpc) is 3.59. The summed E-state index contributed by atoms with van der Waals surface area (Å²) in [6.07, 6.45) is 5.18. The molecular formula is C30H37N3O3S. The Bertz CT molecular complexity index is 1160. The van der Waals surface area contributed by atoms with Gasteiger partial charge in [-0.2, -0.15) is 0 Å². The van der Waals surface area contributed by atoms with E-state index in [1.54, 1.807) is 4.90 Å². The molecule has 1 aliphatic carbocycles. The average molecular weight is 520 g/mol. The summed E-state index contributed by atoms with van der Waals surface area (Å²) in [5.41, 5.74) is 3.88. The van der Waals surface area contributed by atoms with Crippen molar-refractivity contribution in [1.29, 1.82) is 0 Å². The Morgan fingerprint density at radius 1 is 1.03 bits per heavy atom. The van der Waals surface area contributed by atoms with E-state index in [4.69, 9.17) is 0 Å². The summed E-state index contributed by atoms with van der Waals surface area (Å²) in [7, 11) is 0. The highest BCUT2D eigenvalue weighted by molar-refractivity contribution is 7.80. The predicted octanol–water partition coefficient (Wildman–Crippen LogP) is 4.26. The van der Waals surface area contributed by atoms with Gasteiger partial charge in [0.15, 0.2) is 0 Å². The molecule has 2 heterocycles. The summed E-state index contributed by atoms with van der Waals surface area (Å²) in [5.74, 6) is -0.0485. The van der Waals surface area contributed by atoms with E-state index in [0.717, 1.165) is 57.2 Å². The first-order chi connectivity index (χ1) is 17.9. The first-order valence-electron chi connectivity index (χ1n) is 13.7. The molecule has 0 bridgehead atoms. The monoisotopic (exact) mass is 519 g/mol. The number of piperazine rings is 1. The van der Waals surface area contributed by atoms with Crippen LogP contribution in [-0.2, 0) is 29.0 Å². The van der Waals surface area contributed by atoms with E-state index in [1.807, 2.05) is 35.2 Å². The molecule has 1 unspecified atom stereocenters. The number of carbonyl (C=O) groups is 3. The van der Waals surface area contributed by atoms with Gasteiger partial charge in [0.05, 0.1) is 0 Å². The topological polar surface area (TPSA) is 69.7 Å². The number of hydrogen-bond acceptors (Lipinski definition) is 4. The van der Waals surface area contributed by atoms with Crippen LogP contribution in [0.1, 0.15) is 66.6 Å². The molecule has 3 amide bonds. The number of benzene rings is 2. The van der Waals surface area contributed by atoms with Crippen molar-refractivity contribution in [3.05, 3.63) is 64.7 Å². The molecule has 2 aromatic rings. The standard InChI is InChI=1S/C30H37N3O3S/c1-3-19(4-2)27-28(34)31-26(23-15-20-9-5-6-10-21(20)16-23)30(36)33(27)18-22-11-12-24(37)17-25(22)29(35)32-13-7-8-14-32/h5-6,9-12,17,19,23,26-27,37H,3-4,7-8,13-16,18H2,1-2H3,(H,31,34)/t26?,27-/m1/s1. The summed E-state index contributed by atoms with van der Waals surface area (Å²) in [6.45, 7) is 5.89. The zero-order valence-electron chi connectivity index (χ0n) is 21.8. The summed E-state index contributed by atoms with van der Waals surface area (Å²) in [4.78, 5) is 45.6. The van der Waals surface area contributed by atoms with E-state index in [-0.39, 0.29) is 36.1 Å². The van der Waals surface area contributed by atoms with Crippen LogP contribution in [0.5, 0.6) is 0 Å². The molecule has 5 rings (SSSR count). The van der Waals surface area contributed by atoms with E-state index in [2.05, 4.69) is 43.9 Å². The molecule has 3 aliphatic rings.